The number of esters is 1. The van der Waals surface area contributed by atoms with E-state index < -0.39 is 35.9 Å². The van der Waals surface area contributed by atoms with Crippen LogP contribution in [0.4, 0.5) is 30.8 Å². The molecule has 2 fully saturated rings. The van der Waals surface area contributed by atoms with Crippen LogP contribution in [-0.4, -0.2) is 38.9 Å². The van der Waals surface area contributed by atoms with Crippen molar-refractivity contribution in [3.05, 3.63) is 23.5 Å². The Labute approximate surface area is 156 Å². The Hall–Kier alpha value is -2.85. The maximum atomic E-state index is 13.1. The number of carbonyl (C=O) groups is 1. The molecule has 1 saturated heterocycles. The molecule has 2 atom stereocenters. The number of hydrogen-bond acceptors (Lipinski definition) is 7. The van der Waals surface area contributed by atoms with Crippen molar-refractivity contribution in [1.29, 1.82) is 0 Å². The standard InChI is InChI=1S/C16H17F3N6O2/c1-3-20-12-9(16(17,18)19)6-21-14(23-12)22-11-4-10(24-25(11)2)15-5-8(15)7-27-13(15)26/h4,6,8H,3,5,7H2,1-2H3,(H2,20,21,22,23)/t8-,15?/m1/s1/i2D3. The Bertz CT molecular complexity index is 1010. The highest BCUT2D eigenvalue weighted by Crippen LogP contribution is 2.58. The van der Waals surface area contributed by atoms with Crippen LogP contribution in [0, 0.1) is 5.92 Å². The lowest BCUT2D eigenvalue weighted by molar-refractivity contribution is -0.142. The summed E-state index contributed by atoms with van der Waals surface area (Å²) in [5.41, 5.74) is -1.79. The average Bonchev–Trinajstić information content (AvgIpc) is 3.06. The molecule has 2 aliphatic rings. The fourth-order valence-electron chi connectivity index (χ4n) is 3.26. The highest BCUT2D eigenvalue weighted by molar-refractivity contribution is 5.89. The molecular formula is C16H17F3N6O2. The van der Waals surface area contributed by atoms with E-state index >= 15 is 0 Å². The highest BCUT2D eigenvalue weighted by Gasteiger charge is 2.68. The van der Waals surface area contributed by atoms with E-state index in [1.807, 2.05) is 0 Å². The second-order valence-corrected chi connectivity index (χ2v) is 6.41. The smallest absolute Gasteiger partial charge is 0.421 e. The van der Waals surface area contributed by atoms with Crippen LogP contribution >= 0.6 is 0 Å². The van der Waals surface area contributed by atoms with Crippen LogP contribution in [0.2, 0.25) is 0 Å². The molecule has 2 N–H and O–H groups in total. The first-order chi connectivity index (χ1) is 14.0. The summed E-state index contributed by atoms with van der Waals surface area (Å²) in [4.78, 5) is 19.6. The van der Waals surface area contributed by atoms with Gasteiger partial charge in [0.25, 0.3) is 0 Å². The molecule has 2 aromatic rings. The molecule has 1 unspecified atom stereocenters. The summed E-state index contributed by atoms with van der Waals surface area (Å²) in [5.74, 6) is -1.31. The number of aromatic nitrogens is 4. The summed E-state index contributed by atoms with van der Waals surface area (Å²) in [6.45, 7) is -0.670. The lowest BCUT2D eigenvalue weighted by atomic mass is 10.0. The van der Waals surface area contributed by atoms with E-state index in [1.165, 1.54) is 6.07 Å². The van der Waals surface area contributed by atoms with Gasteiger partial charge in [0, 0.05) is 35.8 Å². The Morgan fingerprint density at radius 2 is 2.33 bits per heavy atom. The van der Waals surface area contributed by atoms with Gasteiger partial charge in [-0.25, -0.2) is 4.98 Å². The van der Waals surface area contributed by atoms with Crippen LogP contribution in [0.25, 0.3) is 0 Å². The summed E-state index contributed by atoms with van der Waals surface area (Å²) in [5, 5.41) is 9.20. The maximum Gasteiger partial charge on any atom is 0.421 e. The molecule has 0 radical (unpaired) electrons. The van der Waals surface area contributed by atoms with Crippen molar-refractivity contribution in [2.75, 3.05) is 23.8 Å². The molecule has 0 bridgehead atoms. The number of cyclic esters (lactones) is 1. The van der Waals surface area contributed by atoms with Gasteiger partial charge in [-0.1, -0.05) is 0 Å². The van der Waals surface area contributed by atoms with Gasteiger partial charge in [-0.15, -0.1) is 0 Å². The minimum Gasteiger partial charge on any atom is -0.465 e. The Morgan fingerprint density at radius 1 is 1.52 bits per heavy atom. The van der Waals surface area contributed by atoms with Crippen molar-refractivity contribution in [1.82, 2.24) is 19.7 Å². The third-order valence-corrected chi connectivity index (χ3v) is 4.73. The van der Waals surface area contributed by atoms with E-state index in [0.717, 1.165) is 0 Å². The van der Waals surface area contributed by atoms with Gasteiger partial charge in [0.15, 0.2) is 0 Å². The minimum absolute atomic E-state index is 0.0690. The first kappa shape index (κ1) is 14.2. The van der Waals surface area contributed by atoms with Gasteiger partial charge in [-0.2, -0.15) is 23.3 Å². The lowest BCUT2D eigenvalue weighted by Crippen LogP contribution is -2.19. The molecule has 1 saturated carbocycles. The Kier molecular flexibility index (Phi) is 3.07. The molecule has 2 aromatic heterocycles. The molecule has 1 aliphatic carbocycles. The monoisotopic (exact) mass is 385 g/mol. The summed E-state index contributed by atoms with van der Waals surface area (Å²) in [6.07, 6.45) is -3.55. The number of hydrogen-bond donors (Lipinski definition) is 2. The number of rotatable bonds is 5. The number of aryl methyl sites for hydroxylation is 1. The number of nitrogens with one attached hydrogen (secondary N) is 2. The molecule has 11 heteroatoms. The normalized spacial score (nSPS) is 25.9. The quantitative estimate of drug-likeness (QED) is 0.762. The van der Waals surface area contributed by atoms with Crippen molar-refractivity contribution in [3.63, 3.8) is 0 Å². The van der Waals surface area contributed by atoms with Crippen molar-refractivity contribution in [2.45, 2.75) is 24.9 Å². The first-order valence-corrected chi connectivity index (χ1v) is 8.20. The fourth-order valence-corrected chi connectivity index (χ4v) is 3.26. The van der Waals surface area contributed by atoms with E-state index in [4.69, 9.17) is 8.85 Å². The van der Waals surface area contributed by atoms with E-state index in [-0.39, 0.29) is 36.5 Å². The van der Waals surface area contributed by atoms with Crippen LogP contribution < -0.4 is 10.6 Å². The number of fused-ring (bicyclic) bond motifs is 1. The minimum atomic E-state index is -4.66. The van der Waals surface area contributed by atoms with E-state index in [1.54, 1.807) is 6.92 Å². The van der Waals surface area contributed by atoms with Crippen LogP contribution in [0.15, 0.2) is 12.3 Å². The van der Waals surface area contributed by atoms with Crippen molar-refractivity contribution >= 4 is 23.6 Å². The third kappa shape index (κ3) is 2.77. The maximum absolute atomic E-state index is 13.1. The summed E-state index contributed by atoms with van der Waals surface area (Å²) >= 11 is 0. The zero-order chi connectivity index (χ0) is 21.9. The summed E-state index contributed by atoms with van der Waals surface area (Å²) in [7, 11) is 0. The van der Waals surface area contributed by atoms with Crippen LogP contribution in [0.5, 0.6) is 0 Å². The van der Waals surface area contributed by atoms with E-state index in [9.17, 15) is 18.0 Å². The molecular weight excluding hydrogens is 365 g/mol. The van der Waals surface area contributed by atoms with Gasteiger partial charge in [-0.05, 0) is 13.3 Å². The SMILES string of the molecule is [2H]C([2H])([2H])n1nc(C23C[C@@H]2COC3=O)cc1Nc1ncc(C(F)(F)F)c(NCC)n1. The topological polar surface area (TPSA) is 94.0 Å². The number of anilines is 3. The molecule has 3 heterocycles. The largest absolute Gasteiger partial charge is 0.465 e. The van der Waals surface area contributed by atoms with Crippen molar-refractivity contribution in [3.8, 4) is 0 Å². The van der Waals surface area contributed by atoms with Gasteiger partial charge in [-0.3, -0.25) is 9.48 Å². The van der Waals surface area contributed by atoms with Crippen molar-refractivity contribution in [2.24, 2.45) is 12.9 Å². The molecule has 1 aliphatic heterocycles. The zero-order valence-electron chi connectivity index (χ0n) is 17.1. The fraction of sp³-hybridized carbons (Fsp3) is 0.500. The lowest BCUT2D eigenvalue weighted by Gasteiger charge is -2.13. The molecule has 27 heavy (non-hydrogen) atoms. The molecule has 8 nitrogen and oxygen atoms in total. The van der Waals surface area contributed by atoms with Gasteiger partial charge in [0.2, 0.25) is 5.95 Å². The molecule has 0 aromatic carbocycles. The average molecular weight is 385 g/mol. The predicted octanol–water partition coefficient (Wildman–Crippen LogP) is 2.22. The summed E-state index contributed by atoms with van der Waals surface area (Å²) in [6, 6.07) is 1.37. The molecule has 4 rings (SSSR count). The van der Waals surface area contributed by atoms with Gasteiger partial charge >= 0.3 is 12.1 Å². The number of ether oxygens (including phenoxy) is 1. The number of nitrogens with zero attached hydrogens (tertiary/aromatic N) is 4. The van der Waals surface area contributed by atoms with Crippen molar-refractivity contribution < 1.29 is 26.8 Å². The van der Waals surface area contributed by atoms with Crippen LogP contribution in [0.1, 0.15) is 28.7 Å². The van der Waals surface area contributed by atoms with Crippen LogP contribution in [-0.2, 0) is 28.1 Å². The zero-order valence-corrected chi connectivity index (χ0v) is 14.1. The van der Waals surface area contributed by atoms with E-state index in [0.29, 0.717) is 17.3 Å². The number of halogens is 3. The van der Waals surface area contributed by atoms with Gasteiger partial charge in [0.1, 0.15) is 22.6 Å². The predicted molar refractivity (Wildman–Crippen MR) is 88.4 cm³/mol. The van der Waals surface area contributed by atoms with Gasteiger partial charge in [0.05, 0.1) is 12.3 Å². The van der Waals surface area contributed by atoms with Gasteiger partial charge < -0.3 is 15.4 Å². The molecule has 0 amide bonds. The Morgan fingerprint density at radius 3 is 2.93 bits per heavy atom. The highest BCUT2D eigenvalue weighted by atomic mass is 19.4. The molecule has 144 valence electrons. The molecule has 0 spiro atoms. The third-order valence-electron chi connectivity index (χ3n) is 4.73. The second-order valence-electron chi connectivity index (χ2n) is 6.41. The Balaban J connectivity index is 1.71. The first-order valence-electron chi connectivity index (χ1n) is 9.70. The second kappa shape index (κ2) is 5.83. The number of carbonyl (C=O) groups excluding carboxylic acids is 1. The number of alkyl halides is 3. The summed E-state index contributed by atoms with van der Waals surface area (Å²) < 4.78 is 68.2. The van der Waals surface area contributed by atoms with E-state index in [2.05, 4.69) is 25.7 Å². The van der Waals surface area contributed by atoms with Crippen LogP contribution in [0.3, 0.4) is 0 Å².